The minimum atomic E-state index is 0.0363. The third-order valence-corrected chi connectivity index (χ3v) is 5.16. The highest BCUT2D eigenvalue weighted by Gasteiger charge is 2.27. The molecule has 1 unspecified atom stereocenters. The summed E-state index contributed by atoms with van der Waals surface area (Å²) in [6.45, 7) is 6.01. The van der Waals surface area contributed by atoms with Crippen LogP contribution < -0.4 is 5.32 Å². The minimum Gasteiger partial charge on any atom is -0.314 e. The Morgan fingerprint density at radius 1 is 1.17 bits per heavy atom. The average Bonchev–Trinajstić information content (AvgIpc) is 2.60. The Bertz CT molecular complexity index is 652. The quantitative estimate of drug-likeness (QED) is 0.905. The molecule has 23 heavy (non-hydrogen) atoms. The molecule has 0 bridgehead atoms. The molecule has 1 atom stereocenters. The molecule has 1 aliphatic rings. The topological polar surface area (TPSA) is 28.2 Å². The van der Waals surface area contributed by atoms with Gasteiger partial charge in [-0.3, -0.25) is 9.88 Å². The Hall–Kier alpha value is -1.13. The SMILES string of the molecule is CCc1ccc(C(c2cccc(Cl)c2Cl)N2CCNCC2)nc1. The van der Waals surface area contributed by atoms with Crippen molar-refractivity contribution in [3.8, 4) is 0 Å². The third kappa shape index (κ3) is 3.69. The number of rotatable bonds is 4. The number of benzene rings is 1. The molecule has 3 rings (SSSR count). The van der Waals surface area contributed by atoms with Crippen molar-refractivity contribution < 1.29 is 0 Å². The smallest absolute Gasteiger partial charge is 0.0792 e. The molecule has 1 saturated heterocycles. The second-order valence-electron chi connectivity index (χ2n) is 5.78. The van der Waals surface area contributed by atoms with Crippen LogP contribution in [-0.4, -0.2) is 36.1 Å². The lowest BCUT2D eigenvalue weighted by atomic mass is 9.99. The number of piperazine rings is 1. The number of aryl methyl sites for hydroxylation is 1. The largest absolute Gasteiger partial charge is 0.314 e. The zero-order chi connectivity index (χ0) is 16.2. The number of nitrogens with zero attached hydrogens (tertiary/aromatic N) is 2. The molecule has 1 aliphatic heterocycles. The number of hydrogen-bond acceptors (Lipinski definition) is 3. The van der Waals surface area contributed by atoms with Crippen LogP contribution in [0.1, 0.15) is 29.8 Å². The second kappa shape index (κ2) is 7.63. The first-order valence-electron chi connectivity index (χ1n) is 8.04. The summed E-state index contributed by atoms with van der Waals surface area (Å²) in [5.74, 6) is 0. The molecule has 0 saturated carbocycles. The molecule has 0 spiro atoms. The molecule has 3 nitrogen and oxygen atoms in total. The van der Waals surface area contributed by atoms with E-state index in [9.17, 15) is 0 Å². The van der Waals surface area contributed by atoms with Crippen molar-refractivity contribution in [3.05, 3.63) is 63.4 Å². The Morgan fingerprint density at radius 2 is 1.96 bits per heavy atom. The summed E-state index contributed by atoms with van der Waals surface area (Å²) in [5.41, 5.74) is 3.29. The van der Waals surface area contributed by atoms with E-state index in [4.69, 9.17) is 28.2 Å². The van der Waals surface area contributed by atoms with E-state index in [-0.39, 0.29) is 6.04 Å². The van der Waals surface area contributed by atoms with Crippen LogP contribution in [0.4, 0.5) is 0 Å². The van der Waals surface area contributed by atoms with E-state index in [1.165, 1.54) is 5.56 Å². The summed E-state index contributed by atoms with van der Waals surface area (Å²) in [5, 5.41) is 4.61. The molecule has 1 N–H and O–H groups in total. The molecule has 5 heteroatoms. The Kier molecular flexibility index (Phi) is 5.54. The summed E-state index contributed by atoms with van der Waals surface area (Å²) >= 11 is 12.8. The van der Waals surface area contributed by atoms with Crippen molar-refractivity contribution in [2.24, 2.45) is 0 Å². The predicted octanol–water partition coefficient (Wildman–Crippen LogP) is 3.95. The van der Waals surface area contributed by atoms with Gasteiger partial charge in [-0.15, -0.1) is 0 Å². The van der Waals surface area contributed by atoms with Crippen LogP contribution in [0.2, 0.25) is 10.0 Å². The highest BCUT2D eigenvalue weighted by atomic mass is 35.5. The molecular weight excluding hydrogens is 329 g/mol. The number of pyridine rings is 1. The van der Waals surface area contributed by atoms with Crippen LogP contribution in [0.3, 0.4) is 0 Å². The Labute approximate surface area is 147 Å². The van der Waals surface area contributed by atoms with Crippen LogP contribution in [0.25, 0.3) is 0 Å². The van der Waals surface area contributed by atoms with Gasteiger partial charge in [-0.1, -0.05) is 48.3 Å². The van der Waals surface area contributed by atoms with E-state index in [0.29, 0.717) is 10.0 Å². The standard InChI is InChI=1S/C18H21Cl2N3/c1-2-13-6-7-16(22-12-13)18(23-10-8-21-9-11-23)14-4-3-5-15(19)17(14)20/h3-7,12,18,21H,2,8-11H2,1H3. The van der Waals surface area contributed by atoms with Gasteiger partial charge in [0.15, 0.2) is 0 Å². The fourth-order valence-corrected chi connectivity index (χ4v) is 3.43. The van der Waals surface area contributed by atoms with E-state index >= 15 is 0 Å². The molecule has 2 aromatic rings. The van der Waals surface area contributed by atoms with Gasteiger partial charge in [-0.25, -0.2) is 0 Å². The van der Waals surface area contributed by atoms with E-state index < -0.39 is 0 Å². The molecule has 0 amide bonds. The summed E-state index contributed by atoms with van der Waals surface area (Å²) in [4.78, 5) is 7.13. The molecule has 2 heterocycles. The fraction of sp³-hybridized carbons (Fsp3) is 0.389. The summed E-state index contributed by atoms with van der Waals surface area (Å²) in [6.07, 6.45) is 2.95. The van der Waals surface area contributed by atoms with Gasteiger partial charge in [0, 0.05) is 32.4 Å². The van der Waals surface area contributed by atoms with Crippen molar-refractivity contribution in [2.45, 2.75) is 19.4 Å². The van der Waals surface area contributed by atoms with Gasteiger partial charge in [0.2, 0.25) is 0 Å². The Morgan fingerprint density at radius 3 is 2.61 bits per heavy atom. The summed E-state index contributed by atoms with van der Waals surface area (Å²) < 4.78 is 0. The molecule has 1 aromatic heterocycles. The van der Waals surface area contributed by atoms with Crippen molar-refractivity contribution >= 4 is 23.2 Å². The lowest BCUT2D eigenvalue weighted by Crippen LogP contribution is -2.45. The second-order valence-corrected chi connectivity index (χ2v) is 6.56. The zero-order valence-corrected chi connectivity index (χ0v) is 14.7. The van der Waals surface area contributed by atoms with Gasteiger partial charge in [0.05, 0.1) is 21.8 Å². The lowest BCUT2D eigenvalue weighted by molar-refractivity contribution is 0.195. The van der Waals surface area contributed by atoms with Crippen molar-refractivity contribution in [2.75, 3.05) is 26.2 Å². The first-order valence-corrected chi connectivity index (χ1v) is 8.79. The van der Waals surface area contributed by atoms with Gasteiger partial charge < -0.3 is 5.32 Å². The Balaban J connectivity index is 2.03. The van der Waals surface area contributed by atoms with Crippen LogP contribution in [0, 0.1) is 0 Å². The highest BCUT2D eigenvalue weighted by molar-refractivity contribution is 6.42. The van der Waals surface area contributed by atoms with E-state index in [2.05, 4.69) is 35.3 Å². The van der Waals surface area contributed by atoms with Crippen LogP contribution >= 0.6 is 23.2 Å². The average molecular weight is 350 g/mol. The van der Waals surface area contributed by atoms with Gasteiger partial charge >= 0.3 is 0 Å². The van der Waals surface area contributed by atoms with E-state index in [1.54, 1.807) is 0 Å². The van der Waals surface area contributed by atoms with Crippen LogP contribution in [0.15, 0.2) is 36.5 Å². The fourth-order valence-electron chi connectivity index (χ4n) is 3.02. The third-order valence-electron chi connectivity index (χ3n) is 4.33. The summed E-state index contributed by atoms with van der Waals surface area (Å²) in [7, 11) is 0. The van der Waals surface area contributed by atoms with E-state index in [0.717, 1.165) is 43.9 Å². The molecule has 0 aliphatic carbocycles. The van der Waals surface area contributed by atoms with Crippen LogP contribution in [0.5, 0.6) is 0 Å². The zero-order valence-electron chi connectivity index (χ0n) is 13.2. The number of aromatic nitrogens is 1. The molecular formula is C18H21Cl2N3. The number of halogens is 2. The van der Waals surface area contributed by atoms with Gasteiger partial charge in [0.1, 0.15) is 0 Å². The highest BCUT2D eigenvalue weighted by Crippen LogP contribution is 2.36. The van der Waals surface area contributed by atoms with Crippen molar-refractivity contribution in [3.63, 3.8) is 0 Å². The minimum absolute atomic E-state index is 0.0363. The lowest BCUT2D eigenvalue weighted by Gasteiger charge is -2.35. The normalized spacial score (nSPS) is 17.2. The monoisotopic (exact) mass is 349 g/mol. The molecule has 1 aromatic carbocycles. The van der Waals surface area contributed by atoms with Crippen molar-refractivity contribution in [1.29, 1.82) is 0 Å². The maximum Gasteiger partial charge on any atom is 0.0792 e. The molecule has 122 valence electrons. The molecule has 0 radical (unpaired) electrons. The van der Waals surface area contributed by atoms with Gasteiger partial charge in [-0.2, -0.15) is 0 Å². The maximum absolute atomic E-state index is 6.51. The number of hydrogen-bond donors (Lipinski definition) is 1. The van der Waals surface area contributed by atoms with Gasteiger partial charge in [-0.05, 0) is 29.7 Å². The first kappa shape index (κ1) is 16.7. The van der Waals surface area contributed by atoms with Crippen LogP contribution in [-0.2, 0) is 6.42 Å². The van der Waals surface area contributed by atoms with E-state index in [1.807, 2.05) is 18.3 Å². The predicted molar refractivity (Wildman–Crippen MR) is 96.4 cm³/mol. The molecule has 1 fully saturated rings. The maximum atomic E-state index is 6.51. The van der Waals surface area contributed by atoms with Crippen molar-refractivity contribution in [1.82, 2.24) is 15.2 Å². The summed E-state index contributed by atoms with van der Waals surface area (Å²) in [6, 6.07) is 10.1. The number of nitrogens with one attached hydrogen (secondary N) is 1. The van der Waals surface area contributed by atoms with Gasteiger partial charge in [0.25, 0.3) is 0 Å². The first-order chi connectivity index (χ1) is 11.2.